The molecular weight excluding hydrogens is 450 g/mol. The van der Waals surface area contributed by atoms with E-state index in [1.807, 2.05) is 48.7 Å². The lowest BCUT2D eigenvalue weighted by Crippen LogP contribution is -2.37. The van der Waals surface area contributed by atoms with Crippen LogP contribution in [0.3, 0.4) is 0 Å². The summed E-state index contributed by atoms with van der Waals surface area (Å²) in [6, 6.07) is 9.71. The fourth-order valence-corrected chi connectivity index (χ4v) is 4.05. The zero-order chi connectivity index (χ0) is 21.7. The summed E-state index contributed by atoms with van der Waals surface area (Å²) in [5.74, 6) is -0.137. The molecule has 0 spiro atoms. The molecule has 1 aromatic carbocycles. The van der Waals surface area contributed by atoms with Crippen molar-refractivity contribution in [3.05, 3.63) is 78.9 Å². The van der Waals surface area contributed by atoms with Crippen LogP contribution < -0.4 is 11.2 Å². The molecule has 0 bridgehead atoms. The van der Waals surface area contributed by atoms with Crippen molar-refractivity contribution in [1.82, 2.24) is 23.3 Å². The molecule has 0 amide bonds. The first kappa shape index (κ1) is 20.1. The molecule has 0 aliphatic carbocycles. The average molecular weight is 470 g/mol. The first-order valence-electron chi connectivity index (χ1n) is 9.29. The maximum Gasteiger partial charge on any atom is 0.332 e. The highest BCUT2D eigenvalue weighted by molar-refractivity contribution is 9.10. The van der Waals surface area contributed by atoms with Crippen LogP contribution >= 0.6 is 15.9 Å². The zero-order valence-corrected chi connectivity index (χ0v) is 18.6. The molecule has 4 rings (SSSR count). The minimum Gasteiger partial charge on any atom is -0.318 e. The van der Waals surface area contributed by atoms with Crippen LogP contribution in [0, 0.1) is 13.8 Å². The summed E-state index contributed by atoms with van der Waals surface area (Å²) in [7, 11) is 2.96. The molecule has 154 valence electrons. The third-order valence-corrected chi connectivity index (χ3v) is 5.88. The number of halogens is 1. The van der Waals surface area contributed by atoms with E-state index >= 15 is 0 Å². The molecule has 0 radical (unpaired) electrons. The van der Waals surface area contributed by atoms with Gasteiger partial charge in [-0.3, -0.25) is 18.7 Å². The molecule has 0 saturated carbocycles. The predicted molar refractivity (Wildman–Crippen MR) is 117 cm³/mol. The van der Waals surface area contributed by atoms with Gasteiger partial charge >= 0.3 is 5.69 Å². The first-order chi connectivity index (χ1) is 14.2. The van der Waals surface area contributed by atoms with Crippen LogP contribution in [0.5, 0.6) is 0 Å². The summed E-state index contributed by atoms with van der Waals surface area (Å²) in [5.41, 5.74) is 2.87. The molecule has 0 unspecified atom stereocenters. The highest BCUT2D eigenvalue weighted by Crippen LogP contribution is 2.23. The van der Waals surface area contributed by atoms with Gasteiger partial charge < -0.3 is 9.13 Å². The van der Waals surface area contributed by atoms with Crippen LogP contribution in [0.15, 0.2) is 50.7 Å². The maximum absolute atomic E-state index is 13.1. The van der Waals surface area contributed by atoms with Crippen molar-refractivity contribution in [2.75, 3.05) is 0 Å². The van der Waals surface area contributed by atoms with E-state index in [2.05, 4.69) is 20.9 Å². The Bertz CT molecular complexity index is 1420. The van der Waals surface area contributed by atoms with E-state index in [0.29, 0.717) is 5.56 Å². The molecule has 9 heteroatoms. The van der Waals surface area contributed by atoms with Crippen molar-refractivity contribution in [3.63, 3.8) is 0 Å². The molecule has 3 aromatic heterocycles. The Balaban J connectivity index is 1.76. The normalized spacial score (nSPS) is 11.4. The lowest BCUT2D eigenvalue weighted by molar-refractivity contribution is 0.0972. The van der Waals surface area contributed by atoms with Crippen molar-refractivity contribution >= 4 is 32.9 Å². The number of fused-ring (bicyclic) bond motifs is 1. The number of rotatable bonds is 4. The number of hydrogen-bond donors (Lipinski definition) is 0. The molecule has 4 aromatic rings. The average Bonchev–Trinajstić information content (AvgIpc) is 3.26. The Kier molecular flexibility index (Phi) is 4.85. The SMILES string of the molecule is Cc1cc(C(=O)Cn2cnc3c2c(=O)n(C)c(=O)n3C)c(C)n1-c1ccc(Br)cc1. The van der Waals surface area contributed by atoms with E-state index < -0.39 is 11.2 Å². The molecule has 0 N–H and O–H groups in total. The van der Waals surface area contributed by atoms with Crippen LogP contribution in [0.2, 0.25) is 0 Å². The number of hydrogen-bond acceptors (Lipinski definition) is 4. The van der Waals surface area contributed by atoms with Gasteiger partial charge in [0.1, 0.15) is 0 Å². The molecule has 0 aliphatic heterocycles. The van der Waals surface area contributed by atoms with Crippen LogP contribution in [0.1, 0.15) is 21.7 Å². The summed E-state index contributed by atoms with van der Waals surface area (Å²) in [5, 5.41) is 0. The van der Waals surface area contributed by atoms with E-state index in [-0.39, 0.29) is 23.5 Å². The van der Waals surface area contributed by atoms with E-state index in [0.717, 1.165) is 26.1 Å². The van der Waals surface area contributed by atoms with Crippen LogP contribution in [-0.2, 0) is 20.6 Å². The summed E-state index contributed by atoms with van der Waals surface area (Å²) >= 11 is 3.44. The Labute approximate surface area is 180 Å². The Morgan fingerprint density at radius 1 is 1.07 bits per heavy atom. The molecule has 3 heterocycles. The summed E-state index contributed by atoms with van der Waals surface area (Å²) in [6.45, 7) is 3.80. The second-order valence-electron chi connectivity index (χ2n) is 7.27. The second kappa shape index (κ2) is 7.24. The van der Waals surface area contributed by atoms with Crippen molar-refractivity contribution in [1.29, 1.82) is 0 Å². The topological polar surface area (TPSA) is 83.8 Å². The van der Waals surface area contributed by atoms with E-state index in [1.54, 1.807) is 7.05 Å². The highest BCUT2D eigenvalue weighted by Gasteiger charge is 2.20. The molecule has 0 saturated heterocycles. The second-order valence-corrected chi connectivity index (χ2v) is 8.19. The predicted octanol–water partition coefficient (Wildman–Crippen LogP) is 2.49. The van der Waals surface area contributed by atoms with Crippen LogP contribution in [0.4, 0.5) is 0 Å². The number of benzene rings is 1. The Hall–Kier alpha value is -3.20. The minimum absolute atomic E-state index is 0.0470. The van der Waals surface area contributed by atoms with Gasteiger partial charge in [0.05, 0.1) is 12.9 Å². The largest absolute Gasteiger partial charge is 0.332 e. The first-order valence-corrected chi connectivity index (χ1v) is 10.1. The Morgan fingerprint density at radius 3 is 2.40 bits per heavy atom. The summed E-state index contributed by atoms with van der Waals surface area (Å²) < 4.78 is 6.83. The lowest BCUT2D eigenvalue weighted by atomic mass is 10.1. The number of carbonyl (C=O) groups is 1. The summed E-state index contributed by atoms with van der Waals surface area (Å²) in [6.07, 6.45) is 1.43. The molecule has 0 aliphatic rings. The van der Waals surface area contributed by atoms with Gasteiger partial charge in [-0.15, -0.1) is 0 Å². The van der Waals surface area contributed by atoms with Gasteiger partial charge in [0.15, 0.2) is 16.9 Å². The van der Waals surface area contributed by atoms with Crippen molar-refractivity contribution in [2.45, 2.75) is 20.4 Å². The molecule has 0 atom stereocenters. The van der Waals surface area contributed by atoms with E-state index in [9.17, 15) is 14.4 Å². The van der Waals surface area contributed by atoms with Gasteiger partial charge in [-0.25, -0.2) is 9.78 Å². The van der Waals surface area contributed by atoms with Crippen molar-refractivity contribution < 1.29 is 4.79 Å². The van der Waals surface area contributed by atoms with E-state index in [1.165, 1.54) is 22.5 Å². The van der Waals surface area contributed by atoms with Crippen molar-refractivity contribution in [3.8, 4) is 5.69 Å². The minimum atomic E-state index is -0.473. The standard InChI is InChI=1S/C21H20BrN5O3/c1-12-9-16(13(2)27(12)15-7-5-14(22)6-8-15)17(28)10-26-11-23-19-18(26)20(29)25(4)21(30)24(19)3/h5-9,11H,10H2,1-4H3. The fourth-order valence-electron chi connectivity index (χ4n) is 3.79. The molecular formula is C21H20BrN5O3. The fraction of sp³-hybridized carbons (Fsp3) is 0.238. The zero-order valence-electron chi connectivity index (χ0n) is 17.0. The number of carbonyl (C=O) groups excluding carboxylic acids is 1. The monoisotopic (exact) mass is 469 g/mol. The van der Waals surface area contributed by atoms with Gasteiger partial charge in [0.2, 0.25) is 0 Å². The molecule has 30 heavy (non-hydrogen) atoms. The lowest BCUT2D eigenvalue weighted by Gasteiger charge is -2.10. The smallest absolute Gasteiger partial charge is 0.318 e. The number of ketones is 1. The van der Waals surface area contributed by atoms with Gasteiger partial charge in [-0.1, -0.05) is 15.9 Å². The molecule has 0 fully saturated rings. The third kappa shape index (κ3) is 3.06. The number of aryl methyl sites for hydroxylation is 2. The van der Waals surface area contributed by atoms with Crippen LogP contribution in [0.25, 0.3) is 16.9 Å². The number of nitrogens with zero attached hydrogens (tertiary/aromatic N) is 5. The highest BCUT2D eigenvalue weighted by atomic mass is 79.9. The van der Waals surface area contributed by atoms with E-state index in [4.69, 9.17) is 0 Å². The van der Waals surface area contributed by atoms with Gasteiger partial charge in [0, 0.05) is 41.2 Å². The third-order valence-electron chi connectivity index (χ3n) is 5.35. The number of aromatic nitrogens is 5. The number of imidazole rings is 1. The van der Waals surface area contributed by atoms with Gasteiger partial charge in [-0.2, -0.15) is 0 Å². The molecule has 8 nitrogen and oxygen atoms in total. The quantitative estimate of drug-likeness (QED) is 0.429. The van der Waals surface area contributed by atoms with Gasteiger partial charge in [0.25, 0.3) is 5.56 Å². The Morgan fingerprint density at radius 2 is 1.73 bits per heavy atom. The van der Waals surface area contributed by atoms with Crippen molar-refractivity contribution in [2.24, 2.45) is 14.1 Å². The maximum atomic E-state index is 13.1. The van der Waals surface area contributed by atoms with Crippen LogP contribution in [-0.4, -0.2) is 29.0 Å². The summed E-state index contributed by atoms with van der Waals surface area (Å²) in [4.78, 5) is 42.0. The van der Waals surface area contributed by atoms with Gasteiger partial charge in [-0.05, 0) is 44.2 Å². The number of Topliss-reactive ketones (excluding diaryl/α,β-unsaturated/α-hetero) is 1.